The first-order valence-electron chi connectivity index (χ1n) is 10.8. The van der Waals surface area contributed by atoms with E-state index in [1.54, 1.807) is 6.07 Å². The van der Waals surface area contributed by atoms with Gasteiger partial charge in [-0.2, -0.15) is 0 Å². The van der Waals surface area contributed by atoms with Crippen molar-refractivity contribution in [2.45, 2.75) is 17.1 Å². The molecule has 1 aromatic heterocycles. The molecular formula is C27H24N2O3S2. The van der Waals surface area contributed by atoms with Gasteiger partial charge >= 0.3 is 0 Å². The highest BCUT2D eigenvalue weighted by Crippen LogP contribution is 2.38. The van der Waals surface area contributed by atoms with Crippen LogP contribution in [0.25, 0.3) is 0 Å². The van der Waals surface area contributed by atoms with E-state index >= 15 is 0 Å². The van der Waals surface area contributed by atoms with Crippen LogP contribution < -0.4 is 15.4 Å². The minimum atomic E-state index is -0.501. The average Bonchev–Trinajstić information content (AvgIpc) is 3.40. The number of rotatable bonds is 9. The fourth-order valence-corrected chi connectivity index (χ4v) is 5.04. The van der Waals surface area contributed by atoms with Crippen LogP contribution in [0.2, 0.25) is 0 Å². The van der Waals surface area contributed by atoms with Crippen molar-refractivity contribution in [3.8, 4) is 5.75 Å². The molecule has 4 aromatic rings. The fourth-order valence-electron chi connectivity index (χ4n) is 3.33. The number of carbonyl (C=O) groups is 2. The molecule has 34 heavy (non-hydrogen) atoms. The van der Waals surface area contributed by atoms with Crippen molar-refractivity contribution in [1.82, 2.24) is 0 Å². The molecule has 3 aromatic carbocycles. The minimum Gasteiger partial charge on any atom is -0.492 e. The molecule has 4 rings (SSSR count). The number of para-hydroxylation sites is 2. The molecule has 0 aliphatic heterocycles. The number of carbonyl (C=O) groups excluding carboxylic acids is 2. The van der Waals surface area contributed by atoms with Crippen LogP contribution in [0.15, 0.2) is 101 Å². The number of amides is 2. The molecule has 0 spiro atoms. The Hall–Kier alpha value is -3.55. The van der Waals surface area contributed by atoms with Crippen LogP contribution >= 0.6 is 23.1 Å². The quantitative estimate of drug-likeness (QED) is 0.252. The molecule has 2 amide bonds. The summed E-state index contributed by atoms with van der Waals surface area (Å²) in [4.78, 5) is 27.4. The average molecular weight is 489 g/mol. The van der Waals surface area contributed by atoms with E-state index in [0.29, 0.717) is 28.6 Å². The molecule has 0 bridgehead atoms. The molecule has 0 aliphatic carbocycles. The van der Waals surface area contributed by atoms with Crippen molar-refractivity contribution >= 4 is 46.3 Å². The Bertz CT molecular complexity index is 1240. The number of hydrogen-bond acceptors (Lipinski definition) is 5. The van der Waals surface area contributed by atoms with Crippen LogP contribution in [0.1, 0.15) is 27.4 Å². The van der Waals surface area contributed by atoms with Gasteiger partial charge in [-0.3, -0.25) is 9.59 Å². The van der Waals surface area contributed by atoms with Gasteiger partial charge in [-0.05, 0) is 54.3 Å². The van der Waals surface area contributed by atoms with Crippen molar-refractivity contribution in [1.29, 1.82) is 0 Å². The Morgan fingerprint density at radius 1 is 0.912 bits per heavy atom. The molecule has 1 heterocycles. The number of thiophene rings is 1. The van der Waals surface area contributed by atoms with Gasteiger partial charge in [0, 0.05) is 10.6 Å². The maximum atomic E-state index is 13.4. The van der Waals surface area contributed by atoms with Gasteiger partial charge in [-0.15, -0.1) is 23.1 Å². The lowest BCUT2D eigenvalue weighted by Crippen LogP contribution is -2.19. The monoisotopic (exact) mass is 488 g/mol. The van der Waals surface area contributed by atoms with E-state index in [2.05, 4.69) is 10.6 Å². The van der Waals surface area contributed by atoms with Gasteiger partial charge in [0.25, 0.3) is 5.91 Å². The van der Waals surface area contributed by atoms with Crippen LogP contribution in [-0.4, -0.2) is 18.4 Å². The second-order valence-corrected chi connectivity index (χ2v) is 9.41. The van der Waals surface area contributed by atoms with Crippen LogP contribution in [0.4, 0.5) is 11.4 Å². The van der Waals surface area contributed by atoms with Crippen molar-refractivity contribution < 1.29 is 14.3 Å². The number of anilines is 2. The number of thioether (sulfide) groups is 1. The summed E-state index contributed by atoms with van der Waals surface area (Å²) in [6.07, 6.45) is 0. The standard InChI is InChI=1S/C27H24N2O3S2/c1-2-32-23-15-7-6-14-22(23)29-27(31)25(19-10-4-3-5-11-19)34-21-13-8-12-20(18-21)28-26(30)24-16-9-17-33-24/h3-18,25H,2H2,1H3,(H,28,30)(H,29,31). The maximum Gasteiger partial charge on any atom is 0.265 e. The topological polar surface area (TPSA) is 67.4 Å². The summed E-state index contributed by atoms with van der Waals surface area (Å²) in [6.45, 7) is 2.42. The second-order valence-electron chi connectivity index (χ2n) is 7.29. The molecule has 0 radical (unpaired) electrons. The van der Waals surface area contributed by atoms with Gasteiger partial charge in [0.15, 0.2) is 0 Å². The number of nitrogens with one attached hydrogen (secondary N) is 2. The summed E-state index contributed by atoms with van der Waals surface area (Å²) in [7, 11) is 0. The SMILES string of the molecule is CCOc1ccccc1NC(=O)C(Sc1cccc(NC(=O)c2cccs2)c1)c1ccccc1. The minimum absolute atomic E-state index is 0.151. The van der Waals surface area contributed by atoms with Crippen molar-refractivity contribution in [3.05, 3.63) is 107 Å². The molecule has 7 heteroatoms. The van der Waals surface area contributed by atoms with Crippen LogP contribution in [0.3, 0.4) is 0 Å². The zero-order valence-electron chi connectivity index (χ0n) is 18.6. The van der Waals surface area contributed by atoms with Gasteiger partial charge in [-0.25, -0.2) is 0 Å². The third-order valence-electron chi connectivity index (χ3n) is 4.88. The molecule has 1 unspecified atom stereocenters. The first-order valence-corrected chi connectivity index (χ1v) is 12.6. The Morgan fingerprint density at radius 3 is 2.47 bits per heavy atom. The lowest BCUT2D eigenvalue weighted by molar-refractivity contribution is -0.115. The lowest BCUT2D eigenvalue weighted by atomic mass is 10.1. The van der Waals surface area contributed by atoms with Gasteiger partial charge in [0.05, 0.1) is 17.2 Å². The van der Waals surface area contributed by atoms with Crippen molar-refractivity contribution in [3.63, 3.8) is 0 Å². The maximum absolute atomic E-state index is 13.4. The predicted octanol–water partition coefficient (Wildman–Crippen LogP) is 6.87. The number of benzene rings is 3. The van der Waals surface area contributed by atoms with E-state index in [4.69, 9.17) is 4.74 Å². The molecule has 172 valence electrons. The van der Waals surface area contributed by atoms with Gasteiger partial charge < -0.3 is 15.4 Å². The van der Waals surface area contributed by atoms with Crippen molar-refractivity contribution in [2.24, 2.45) is 0 Å². The molecule has 0 saturated carbocycles. The third-order valence-corrected chi connectivity index (χ3v) is 6.99. The molecular weight excluding hydrogens is 464 g/mol. The summed E-state index contributed by atoms with van der Waals surface area (Å²) in [5, 5.41) is 7.32. The molecule has 2 N–H and O–H groups in total. The van der Waals surface area contributed by atoms with E-state index in [1.165, 1.54) is 23.1 Å². The lowest BCUT2D eigenvalue weighted by Gasteiger charge is -2.19. The van der Waals surface area contributed by atoms with E-state index in [0.717, 1.165) is 10.5 Å². The highest BCUT2D eigenvalue weighted by atomic mass is 32.2. The van der Waals surface area contributed by atoms with E-state index < -0.39 is 5.25 Å². The van der Waals surface area contributed by atoms with Crippen LogP contribution in [0.5, 0.6) is 5.75 Å². The summed E-state index contributed by atoms with van der Waals surface area (Å²) in [5.74, 6) is 0.326. The van der Waals surface area contributed by atoms with Gasteiger partial charge in [-0.1, -0.05) is 54.6 Å². The predicted molar refractivity (Wildman–Crippen MR) is 140 cm³/mol. The summed E-state index contributed by atoms with van der Waals surface area (Å²) in [6, 6.07) is 28.2. The van der Waals surface area contributed by atoms with Crippen LogP contribution in [-0.2, 0) is 4.79 Å². The largest absolute Gasteiger partial charge is 0.492 e. The molecule has 0 saturated heterocycles. The second kappa shape index (κ2) is 11.5. The fraction of sp³-hybridized carbons (Fsp3) is 0.111. The molecule has 5 nitrogen and oxygen atoms in total. The van der Waals surface area contributed by atoms with E-state index in [-0.39, 0.29) is 11.8 Å². The molecule has 0 aliphatic rings. The van der Waals surface area contributed by atoms with E-state index in [1.807, 2.05) is 97.2 Å². The Balaban J connectivity index is 1.56. The van der Waals surface area contributed by atoms with E-state index in [9.17, 15) is 9.59 Å². The van der Waals surface area contributed by atoms with Crippen molar-refractivity contribution in [2.75, 3.05) is 17.2 Å². The Labute approximate surface area is 207 Å². The normalized spacial score (nSPS) is 11.4. The van der Waals surface area contributed by atoms with Gasteiger partial charge in [0.2, 0.25) is 5.91 Å². The third kappa shape index (κ3) is 6.07. The first kappa shape index (κ1) is 23.6. The highest BCUT2D eigenvalue weighted by molar-refractivity contribution is 8.00. The summed E-state index contributed by atoms with van der Waals surface area (Å²) >= 11 is 2.82. The first-order chi connectivity index (χ1) is 16.6. The molecule has 1 atom stereocenters. The zero-order chi connectivity index (χ0) is 23.8. The summed E-state index contributed by atoms with van der Waals surface area (Å²) in [5.41, 5.74) is 2.19. The Morgan fingerprint density at radius 2 is 1.71 bits per heavy atom. The molecule has 0 fully saturated rings. The highest BCUT2D eigenvalue weighted by Gasteiger charge is 2.23. The smallest absolute Gasteiger partial charge is 0.265 e. The zero-order valence-corrected chi connectivity index (χ0v) is 20.2. The number of ether oxygens (including phenoxy) is 1. The Kier molecular flexibility index (Phi) is 8.01. The summed E-state index contributed by atoms with van der Waals surface area (Å²) < 4.78 is 5.66. The van der Waals surface area contributed by atoms with Gasteiger partial charge in [0.1, 0.15) is 11.0 Å². The number of hydrogen-bond donors (Lipinski definition) is 2. The van der Waals surface area contributed by atoms with Crippen LogP contribution in [0, 0.1) is 0 Å².